The van der Waals surface area contributed by atoms with Crippen LogP contribution in [-0.2, 0) is 15.9 Å². The third-order valence-electron chi connectivity index (χ3n) is 5.06. The minimum Gasteiger partial charge on any atom is -0.385 e. The van der Waals surface area contributed by atoms with E-state index < -0.39 is 0 Å². The van der Waals surface area contributed by atoms with E-state index in [-0.39, 0.29) is 0 Å². The Morgan fingerprint density at radius 1 is 1.28 bits per heavy atom. The van der Waals surface area contributed by atoms with Gasteiger partial charge in [0.15, 0.2) is 0 Å². The minimum atomic E-state index is 0.657. The van der Waals surface area contributed by atoms with Crippen molar-refractivity contribution in [3.05, 3.63) is 35.4 Å². The largest absolute Gasteiger partial charge is 0.385 e. The van der Waals surface area contributed by atoms with Gasteiger partial charge in [0.05, 0.1) is 11.6 Å². The lowest BCUT2D eigenvalue weighted by atomic mass is 9.79. The zero-order valence-corrected chi connectivity index (χ0v) is 15.5. The lowest BCUT2D eigenvalue weighted by molar-refractivity contribution is 0.0953. The molecule has 1 fully saturated rings. The number of nitrogens with one attached hydrogen (secondary N) is 1. The summed E-state index contributed by atoms with van der Waals surface area (Å²) in [7, 11) is 1.73. The topological polar surface area (TPSA) is 54.3 Å². The molecule has 0 bridgehead atoms. The molecule has 0 saturated carbocycles. The van der Waals surface area contributed by atoms with Gasteiger partial charge in [-0.2, -0.15) is 5.26 Å². The molecule has 1 aliphatic heterocycles. The van der Waals surface area contributed by atoms with Crippen LogP contribution in [0.3, 0.4) is 0 Å². The number of nitrogens with zero attached hydrogens (tertiary/aromatic N) is 1. The van der Waals surface area contributed by atoms with E-state index in [1.54, 1.807) is 7.11 Å². The molecule has 4 nitrogen and oxygen atoms in total. The lowest BCUT2D eigenvalue weighted by Crippen LogP contribution is -2.35. The number of rotatable bonds is 11. The van der Waals surface area contributed by atoms with Crippen molar-refractivity contribution in [3.63, 3.8) is 0 Å². The highest BCUT2D eigenvalue weighted by Crippen LogP contribution is 2.28. The quantitative estimate of drug-likeness (QED) is 0.624. The van der Waals surface area contributed by atoms with Crippen molar-refractivity contribution < 1.29 is 9.47 Å². The van der Waals surface area contributed by atoms with Gasteiger partial charge in [0.1, 0.15) is 0 Å². The molecule has 0 spiro atoms. The van der Waals surface area contributed by atoms with E-state index in [0.29, 0.717) is 5.92 Å². The second-order valence-corrected chi connectivity index (χ2v) is 6.98. The van der Waals surface area contributed by atoms with Crippen LogP contribution in [0, 0.1) is 23.2 Å². The number of methoxy groups -OCH3 is 1. The Kier molecular flexibility index (Phi) is 9.58. The van der Waals surface area contributed by atoms with Crippen LogP contribution in [0.1, 0.15) is 43.2 Å². The highest BCUT2D eigenvalue weighted by atomic mass is 16.5. The molecule has 0 radical (unpaired) electrons. The molecular formula is C21H32N2O2. The van der Waals surface area contributed by atoms with E-state index in [9.17, 15) is 0 Å². The van der Waals surface area contributed by atoms with Crippen LogP contribution in [0.15, 0.2) is 24.3 Å². The maximum atomic E-state index is 9.12. The van der Waals surface area contributed by atoms with Gasteiger partial charge in [0, 0.05) is 26.9 Å². The first-order valence-corrected chi connectivity index (χ1v) is 9.60. The second-order valence-electron chi connectivity index (χ2n) is 6.98. The highest BCUT2D eigenvalue weighted by molar-refractivity contribution is 5.33. The number of piperidine rings is 1. The second kappa shape index (κ2) is 12.0. The summed E-state index contributed by atoms with van der Waals surface area (Å²) in [5.41, 5.74) is 2.05. The van der Waals surface area contributed by atoms with Gasteiger partial charge in [-0.1, -0.05) is 12.1 Å². The van der Waals surface area contributed by atoms with Crippen molar-refractivity contribution in [2.45, 2.75) is 38.5 Å². The van der Waals surface area contributed by atoms with Crippen molar-refractivity contribution in [2.24, 2.45) is 11.8 Å². The number of nitriles is 1. The van der Waals surface area contributed by atoms with E-state index in [4.69, 9.17) is 14.7 Å². The molecule has 1 aromatic carbocycles. The fourth-order valence-corrected chi connectivity index (χ4v) is 3.71. The molecule has 2 atom stereocenters. The molecule has 0 aliphatic carbocycles. The number of hydrogen-bond donors (Lipinski definition) is 1. The summed E-state index contributed by atoms with van der Waals surface area (Å²) < 4.78 is 10.8. The normalized spacial score (nSPS) is 18.6. The summed E-state index contributed by atoms with van der Waals surface area (Å²) in [6.07, 6.45) is 6.90. The SMILES string of the molecule is COCCCOCCC[C@H](Cc1cccc(C#N)c1)[C@H]1CCCNC1. The van der Waals surface area contributed by atoms with E-state index in [1.807, 2.05) is 18.2 Å². The van der Waals surface area contributed by atoms with Crippen molar-refractivity contribution in [3.8, 4) is 6.07 Å². The van der Waals surface area contributed by atoms with Crippen LogP contribution >= 0.6 is 0 Å². The van der Waals surface area contributed by atoms with Gasteiger partial charge in [0.25, 0.3) is 0 Å². The number of hydrogen-bond acceptors (Lipinski definition) is 4. The standard InChI is InChI=1S/C21H32N2O2/c1-24-11-5-13-25-12-4-9-20(21-8-3-10-23-17-21)15-18-6-2-7-19(14-18)16-22/h2,6-7,14,20-21,23H,3-5,8-13,15,17H2,1H3/t20-,21+/m1/s1. The maximum Gasteiger partial charge on any atom is 0.0991 e. The van der Waals surface area contributed by atoms with E-state index in [2.05, 4.69) is 17.5 Å². The van der Waals surface area contributed by atoms with Crippen molar-refractivity contribution in [1.29, 1.82) is 5.26 Å². The summed E-state index contributed by atoms with van der Waals surface area (Å²) in [6.45, 7) is 4.66. The van der Waals surface area contributed by atoms with Crippen LogP contribution in [-0.4, -0.2) is 40.0 Å². The van der Waals surface area contributed by atoms with Gasteiger partial charge in [0.2, 0.25) is 0 Å². The zero-order valence-electron chi connectivity index (χ0n) is 15.5. The van der Waals surface area contributed by atoms with Crippen LogP contribution in [0.2, 0.25) is 0 Å². The van der Waals surface area contributed by atoms with Gasteiger partial charge in [-0.25, -0.2) is 0 Å². The minimum absolute atomic E-state index is 0.657. The highest BCUT2D eigenvalue weighted by Gasteiger charge is 2.23. The zero-order chi connectivity index (χ0) is 17.7. The smallest absolute Gasteiger partial charge is 0.0991 e. The van der Waals surface area contributed by atoms with Gasteiger partial charge in [-0.05, 0) is 81.1 Å². The fourth-order valence-electron chi connectivity index (χ4n) is 3.71. The summed E-state index contributed by atoms with van der Waals surface area (Å²) in [6, 6.07) is 10.3. The Morgan fingerprint density at radius 3 is 2.92 bits per heavy atom. The first-order chi connectivity index (χ1) is 12.3. The predicted molar refractivity (Wildman–Crippen MR) is 100 cm³/mol. The van der Waals surface area contributed by atoms with Crippen LogP contribution < -0.4 is 5.32 Å². The molecule has 0 amide bonds. The number of benzene rings is 1. The Hall–Kier alpha value is -1.41. The third-order valence-corrected chi connectivity index (χ3v) is 5.06. The van der Waals surface area contributed by atoms with Gasteiger partial charge >= 0.3 is 0 Å². The van der Waals surface area contributed by atoms with E-state index in [0.717, 1.165) is 63.7 Å². The third kappa shape index (κ3) is 7.56. The Bertz CT molecular complexity index is 521. The van der Waals surface area contributed by atoms with Crippen LogP contribution in [0.5, 0.6) is 0 Å². The molecule has 1 aromatic rings. The Balaban J connectivity index is 1.83. The molecule has 1 aliphatic rings. The summed E-state index contributed by atoms with van der Waals surface area (Å²) in [5.74, 6) is 1.39. The average molecular weight is 344 g/mol. The summed E-state index contributed by atoms with van der Waals surface area (Å²) >= 11 is 0. The lowest BCUT2D eigenvalue weighted by Gasteiger charge is -2.31. The molecule has 0 aromatic heterocycles. The molecule has 25 heavy (non-hydrogen) atoms. The van der Waals surface area contributed by atoms with Gasteiger partial charge in [-0.15, -0.1) is 0 Å². The van der Waals surface area contributed by atoms with Gasteiger partial charge < -0.3 is 14.8 Å². The maximum absolute atomic E-state index is 9.12. The molecule has 138 valence electrons. The Labute approximate surface area is 152 Å². The number of ether oxygens (including phenoxy) is 2. The van der Waals surface area contributed by atoms with E-state index in [1.165, 1.54) is 24.8 Å². The summed E-state index contributed by atoms with van der Waals surface area (Å²) in [5, 5.41) is 12.7. The predicted octanol–water partition coefficient (Wildman–Crippen LogP) is 3.55. The van der Waals surface area contributed by atoms with Crippen molar-refractivity contribution in [2.75, 3.05) is 40.0 Å². The van der Waals surface area contributed by atoms with Gasteiger partial charge in [-0.3, -0.25) is 0 Å². The molecule has 4 heteroatoms. The molecule has 1 saturated heterocycles. The first kappa shape index (κ1) is 19.9. The van der Waals surface area contributed by atoms with Crippen LogP contribution in [0.4, 0.5) is 0 Å². The average Bonchev–Trinajstić information content (AvgIpc) is 2.67. The monoisotopic (exact) mass is 344 g/mol. The summed E-state index contributed by atoms with van der Waals surface area (Å²) in [4.78, 5) is 0. The molecule has 1 heterocycles. The first-order valence-electron chi connectivity index (χ1n) is 9.60. The molecule has 1 N–H and O–H groups in total. The van der Waals surface area contributed by atoms with Crippen molar-refractivity contribution in [1.82, 2.24) is 5.32 Å². The molecule has 0 unspecified atom stereocenters. The fraction of sp³-hybridized carbons (Fsp3) is 0.667. The van der Waals surface area contributed by atoms with Crippen molar-refractivity contribution >= 4 is 0 Å². The molecule has 2 rings (SSSR count). The molecular weight excluding hydrogens is 312 g/mol. The Morgan fingerprint density at radius 2 is 2.16 bits per heavy atom. The van der Waals surface area contributed by atoms with E-state index >= 15 is 0 Å². The van der Waals surface area contributed by atoms with Crippen LogP contribution in [0.25, 0.3) is 0 Å².